The fourth-order valence-corrected chi connectivity index (χ4v) is 3.42. The molecular formula is C14H6Br2ClFN2. The molecule has 0 unspecified atom stereocenters. The van der Waals surface area contributed by atoms with Crippen molar-refractivity contribution in [1.29, 1.82) is 0 Å². The quantitative estimate of drug-likeness (QED) is 0.482. The normalized spacial score (nSPS) is 11.0. The number of halogens is 4. The van der Waals surface area contributed by atoms with Crippen LogP contribution >= 0.6 is 43.5 Å². The molecule has 0 atom stereocenters. The molecule has 0 aliphatic carbocycles. The van der Waals surface area contributed by atoms with E-state index in [0.717, 1.165) is 8.95 Å². The molecule has 3 aromatic rings. The maximum absolute atomic E-state index is 13.8. The molecule has 20 heavy (non-hydrogen) atoms. The first-order valence-corrected chi connectivity index (χ1v) is 7.60. The lowest BCUT2D eigenvalue weighted by molar-refractivity contribution is 0.630. The molecule has 0 amide bonds. The van der Waals surface area contributed by atoms with Crippen molar-refractivity contribution in [3.63, 3.8) is 0 Å². The minimum Gasteiger partial charge on any atom is -0.227 e. The van der Waals surface area contributed by atoms with E-state index in [0.29, 0.717) is 16.5 Å². The van der Waals surface area contributed by atoms with Gasteiger partial charge in [-0.1, -0.05) is 39.7 Å². The molecule has 0 aliphatic rings. The Hall–Kier alpha value is -1.04. The highest BCUT2D eigenvalue weighted by Crippen LogP contribution is 2.32. The fourth-order valence-electron chi connectivity index (χ4n) is 1.88. The van der Waals surface area contributed by atoms with Crippen molar-refractivity contribution >= 4 is 54.4 Å². The van der Waals surface area contributed by atoms with Gasteiger partial charge in [-0.05, 0) is 40.2 Å². The number of hydrogen-bond donors (Lipinski definition) is 0. The van der Waals surface area contributed by atoms with Crippen LogP contribution in [0, 0.1) is 5.82 Å². The third kappa shape index (κ3) is 2.45. The summed E-state index contributed by atoms with van der Waals surface area (Å²) < 4.78 is 15.5. The number of rotatable bonds is 1. The van der Waals surface area contributed by atoms with Gasteiger partial charge in [-0.2, -0.15) is 0 Å². The fraction of sp³-hybridized carbons (Fsp3) is 0. The number of nitrogens with zero attached hydrogens (tertiary/aromatic N) is 2. The van der Waals surface area contributed by atoms with E-state index < -0.39 is 0 Å². The van der Waals surface area contributed by atoms with Crippen molar-refractivity contribution in [3.8, 4) is 11.4 Å². The maximum atomic E-state index is 13.8. The highest BCUT2D eigenvalue weighted by molar-refractivity contribution is 9.11. The molecule has 0 saturated carbocycles. The van der Waals surface area contributed by atoms with Crippen molar-refractivity contribution < 1.29 is 4.39 Å². The first-order chi connectivity index (χ1) is 9.56. The second kappa shape index (κ2) is 5.39. The third-order valence-corrected chi connectivity index (χ3v) is 4.14. The van der Waals surface area contributed by atoms with Crippen LogP contribution in [0.2, 0.25) is 5.15 Å². The Balaban J connectivity index is 2.33. The van der Waals surface area contributed by atoms with Crippen molar-refractivity contribution in [1.82, 2.24) is 9.97 Å². The molecule has 0 aliphatic heterocycles. The number of fused-ring (bicyclic) bond motifs is 1. The van der Waals surface area contributed by atoms with Crippen molar-refractivity contribution in [2.75, 3.05) is 0 Å². The SMILES string of the molecule is Fc1ccccc1-c1nc(Cl)c2cc(Br)cc(Br)c2n1. The Bertz CT molecular complexity index is 824. The molecule has 0 N–H and O–H groups in total. The van der Waals surface area contributed by atoms with Crippen LogP contribution in [0.25, 0.3) is 22.3 Å². The Morgan fingerprint density at radius 2 is 1.80 bits per heavy atom. The summed E-state index contributed by atoms with van der Waals surface area (Å²) in [6, 6.07) is 10.0. The monoisotopic (exact) mass is 414 g/mol. The summed E-state index contributed by atoms with van der Waals surface area (Å²) in [6.07, 6.45) is 0. The zero-order valence-corrected chi connectivity index (χ0v) is 13.8. The molecule has 0 bridgehead atoms. The standard InChI is InChI=1S/C14H6Br2ClFN2/c15-7-5-9-12(10(16)6-7)19-14(20-13(9)17)8-3-1-2-4-11(8)18/h1-6H. The van der Waals surface area contributed by atoms with E-state index in [-0.39, 0.29) is 16.8 Å². The van der Waals surface area contributed by atoms with Gasteiger partial charge in [0.1, 0.15) is 11.0 Å². The molecule has 1 aromatic heterocycles. The first-order valence-electron chi connectivity index (χ1n) is 5.63. The van der Waals surface area contributed by atoms with Gasteiger partial charge >= 0.3 is 0 Å². The smallest absolute Gasteiger partial charge is 0.164 e. The average Bonchev–Trinajstić information content (AvgIpc) is 2.40. The van der Waals surface area contributed by atoms with Crippen LogP contribution in [0.5, 0.6) is 0 Å². The maximum Gasteiger partial charge on any atom is 0.164 e. The van der Waals surface area contributed by atoms with Gasteiger partial charge in [0.25, 0.3) is 0 Å². The zero-order chi connectivity index (χ0) is 14.3. The summed E-state index contributed by atoms with van der Waals surface area (Å²) in [5.74, 6) is -0.111. The molecule has 100 valence electrons. The van der Waals surface area contributed by atoms with E-state index in [2.05, 4.69) is 41.8 Å². The van der Waals surface area contributed by atoms with Crippen LogP contribution in [-0.4, -0.2) is 9.97 Å². The molecule has 0 radical (unpaired) electrons. The first kappa shape index (κ1) is 13.9. The van der Waals surface area contributed by atoms with Crippen LogP contribution in [0.15, 0.2) is 45.3 Å². The molecule has 0 spiro atoms. The van der Waals surface area contributed by atoms with Crippen molar-refractivity contribution in [2.45, 2.75) is 0 Å². The second-order valence-corrected chi connectivity index (χ2v) is 6.23. The van der Waals surface area contributed by atoms with Crippen molar-refractivity contribution in [2.24, 2.45) is 0 Å². The van der Waals surface area contributed by atoms with Gasteiger partial charge < -0.3 is 0 Å². The summed E-state index contributed by atoms with van der Waals surface area (Å²) >= 11 is 13.0. The summed E-state index contributed by atoms with van der Waals surface area (Å²) in [4.78, 5) is 8.59. The Morgan fingerprint density at radius 3 is 2.55 bits per heavy atom. The molecule has 0 fully saturated rings. The van der Waals surface area contributed by atoms with E-state index in [9.17, 15) is 4.39 Å². The van der Waals surface area contributed by atoms with Gasteiger partial charge in [0.15, 0.2) is 5.82 Å². The molecule has 1 heterocycles. The average molecular weight is 416 g/mol. The van der Waals surface area contributed by atoms with Crippen molar-refractivity contribution in [3.05, 3.63) is 56.3 Å². The number of benzene rings is 2. The summed E-state index contributed by atoms with van der Waals surface area (Å²) in [5.41, 5.74) is 0.970. The highest BCUT2D eigenvalue weighted by Gasteiger charge is 2.13. The molecule has 2 nitrogen and oxygen atoms in total. The summed E-state index contributed by atoms with van der Waals surface area (Å²) in [7, 11) is 0. The molecule has 2 aromatic carbocycles. The van der Waals surface area contributed by atoms with Gasteiger partial charge in [-0.15, -0.1) is 0 Å². The van der Waals surface area contributed by atoms with E-state index in [4.69, 9.17) is 11.6 Å². The zero-order valence-electron chi connectivity index (χ0n) is 9.87. The minimum absolute atomic E-state index is 0.267. The second-order valence-electron chi connectivity index (χ2n) is 4.10. The largest absolute Gasteiger partial charge is 0.227 e. The predicted octanol–water partition coefficient (Wildman–Crippen LogP) is 5.61. The van der Waals surface area contributed by atoms with E-state index >= 15 is 0 Å². The van der Waals surface area contributed by atoms with Gasteiger partial charge in [0.05, 0.1) is 11.1 Å². The molecule has 6 heteroatoms. The lowest BCUT2D eigenvalue weighted by Crippen LogP contribution is -1.95. The van der Waals surface area contributed by atoms with E-state index in [1.807, 2.05) is 12.1 Å². The molecular weight excluding hydrogens is 410 g/mol. The van der Waals surface area contributed by atoms with Gasteiger partial charge in [-0.25, -0.2) is 14.4 Å². The Kier molecular flexibility index (Phi) is 3.75. The Labute approximate surface area is 136 Å². The van der Waals surface area contributed by atoms with Crippen LogP contribution < -0.4 is 0 Å². The highest BCUT2D eigenvalue weighted by atomic mass is 79.9. The van der Waals surface area contributed by atoms with E-state index in [1.165, 1.54) is 6.07 Å². The number of aromatic nitrogens is 2. The van der Waals surface area contributed by atoms with E-state index in [1.54, 1.807) is 18.2 Å². The topological polar surface area (TPSA) is 25.8 Å². The predicted molar refractivity (Wildman–Crippen MR) is 85.3 cm³/mol. The summed E-state index contributed by atoms with van der Waals surface area (Å²) in [6.45, 7) is 0. The lowest BCUT2D eigenvalue weighted by atomic mass is 10.2. The third-order valence-electron chi connectivity index (χ3n) is 2.79. The van der Waals surface area contributed by atoms with Crippen LogP contribution in [0.3, 0.4) is 0 Å². The Morgan fingerprint density at radius 1 is 1.05 bits per heavy atom. The molecule has 3 rings (SSSR count). The number of hydrogen-bond acceptors (Lipinski definition) is 2. The minimum atomic E-state index is -0.379. The van der Waals surface area contributed by atoms with Crippen LogP contribution in [-0.2, 0) is 0 Å². The summed E-state index contributed by atoms with van der Waals surface area (Å²) in [5, 5.41) is 0.989. The van der Waals surface area contributed by atoms with Crippen LogP contribution in [0.4, 0.5) is 4.39 Å². The van der Waals surface area contributed by atoms with Crippen LogP contribution in [0.1, 0.15) is 0 Å². The lowest BCUT2D eigenvalue weighted by Gasteiger charge is -2.07. The van der Waals surface area contributed by atoms with Gasteiger partial charge in [-0.3, -0.25) is 0 Å². The van der Waals surface area contributed by atoms with Gasteiger partial charge in [0, 0.05) is 14.3 Å². The molecule has 0 saturated heterocycles. The van der Waals surface area contributed by atoms with Gasteiger partial charge in [0.2, 0.25) is 0 Å².